The molecule has 1 atom stereocenters. The first-order chi connectivity index (χ1) is 15.6. The second-order valence-corrected chi connectivity index (χ2v) is 8.15. The maximum Gasteiger partial charge on any atom is 0.338 e. The molecule has 0 aliphatic carbocycles. The first-order valence-corrected chi connectivity index (χ1v) is 11.1. The number of ether oxygens (including phenoxy) is 1. The smallest absolute Gasteiger partial charge is 0.338 e. The van der Waals surface area contributed by atoms with Crippen molar-refractivity contribution in [2.24, 2.45) is 0 Å². The number of nitrogens with one attached hydrogen (secondary N) is 2. The summed E-state index contributed by atoms with van der Waals surface area (Å²) in [7, 11) is 0. The average molecular weight is 452 g/mol. The molecule has 32 heavy (non-hydrogen) atoms. The van der Waals surface area contributed by atoms with Gasteiger partial charge in [0.15, 0.2) is 0 Å². The van der Waals surface area contributed by atoms with Crippen molar-refractivity contribution in [3.8, 4) is 0 Å². The lowest BCUT2D eigenvalue weighted by molar-refractivity contribution is -0.139. The molecule has 166 valence electrons. The molecule has 0 aromatic heterocycles. The van der Waals surface area contributed by atoms with Gasteiger partial charge in [-0.05, 0) is 36.1 Å². The van der Waals surface area contributed by atoms with E-state index in [9.17, 15) is 9.59 Å². The van der Waals surface area contributed by atoms with E-state index in [0.29, 0.717) is 28.4 Å². The number of esters is 1. The lowest BCUT2D eigenvalue weighted by Crippen LogP contribution is -2.49. The minimum Gasteiger partial charge on any atom is -0.463 e. The van der Waals surface area contributed by atoms with Crippen molar-refractivity contribution >= 4 is 29.2 Å². The van der Waals surface area contributed by atoms with Crippen LogP contribution < -0.4 is 10.6 Å². The van der Waals surface area contributed by atoms with Gasteiger partial charge in [0.2, 0.25) is 0 Å². The Morgan fingerprint density at radius 3 is 2.59 bits per heavy atom. The van der Waals surface area contributed by atoms with Gasteiger partial charge in [0.05, 0.1) is 18.2 Å². The van der Waals surface area contributed by atoms with Gasteiger partial charge in [-0.25, -0.2) is 9.59 Å². The fourth-order valence-corrected chi connectivity index (χ4v) is 4.37. The Labute approximate surface area is 192 Å². The van der Waals surface area contributed by atoms with Crippen LogP contribution in [-0.4, -0.2) is 43.1 Å². The van der Waals surface area contributed by atoms with E-state index in [4.69, 9.17) is 16.3 Å². The van der Waals surface area contributed by atoms with Crippen molar-refractivity contribution < 1.29 is 14.3 Å². The number of nitrogens with zero attached hydrogens (tertiary/aromatic N) is 1. The van der Waals surface area contributed by atoms with Gasteiger partial charge in [0, 0.05) is 30.4 Å². The number of hydrogen-bond donors (Lipinski definition) is 2. The third-order valence-electron chi connectivity index (χ3n) is 5.68. The SMILES string of the molecule is CCOC(=O)C1=C(CN2CC=C(c3ccccc3)CC2)NC(=O)N[C@H]1c1ccccc1Cl. The number of carbonyl (C=O) groups is 2. The second kappa shape index (κ2) is 10.0. The third-order valence-corrected chi connectivity index (χ3v) is 6.03. The summed E-state index contributed by atoms with van der Waals surface area (Å²) in [5.74, 6) is -0.461. The van der Waals surface area contributed by atoms with Crippen LogP contribution in [0.1, 0.15) is 30.5 Å². The van der Waals surface area contributed by atoms with Crippen LogP contribution in [-0.2, 0) is 9.53 Å². The quantitative estimate of drug-likeness (QED) is 0.642. The molecular weight excluding hydrogens is 426 g/mol. The summed E-state index contributed by atoms with van der Waals surface area (Å²) in [5, 5.41) is 6.15. The van der Waals surface area contributed by atoms with Crippen LogP contribution in [0.25, 0.3) is 5.57 Å². The summed E-state index contributed by atoms with van der Waals surface area (Å²) < 4.78 is 5.34. The third kappa shape index (κ3) is 4.87. The van der Waals surface area contributed by atoms with Crippen LogP contribution in [0.5, 0.6) is 0 Å². The van der Waals surface area contributed by atoms with Crippen molar-refractivity contribution in [1.82, 2.24) is 15.5 Å². The van der Waals surface area contributed by atoms with E-state index in [1.54, 1.807) is 13.0 Å². The van der Waals surface area contributed by atoms with Crippen molar-refractivity contribution in [1.29, 1.82) is 0 Å². The molecule has 2 amide bonds. The second-order valence-electron chi connectivity index (χ2n) is 7.75. The number of carbonyl (C=O) groups excluding carboxylic acids is 2. The molecule has 2 aromatic carbocycles. The number of rotatable bonds is 6. The molecule has 0 bridgehead atoms. The Bertz CT molecular complexity index is 1070. The molecule has 0 saturated carbocycles. The predicted molar refractivity (Wildman–Crippen MR) is 125 cm³/mol. The Hall–Kier alpha value is -3.09. The van der Waals surface area contributed by atoms with Crippen LogP contribution in [0.4, 0.5) is 4.79 Å². The highest BCUT2D eigenvalue weighted by Crippen LogP contribution is 2.33. The summed E-state index contributed by atoms with van der Waals surface area (Å²) in [5.41, 5.74) is 4.14. The fraction of sp³-hybridized carbons (Fsp3) is 0.280. The lowest BCUT2D eigenvalue weighted by atomic mass is 9.94. The van der Waals surface area contributed by atoms with E-state index in [-0.39, 0.29) is 12.6 Å². The molecular formula is C25H26ClN3O3. The van der Waals surface area contributed by atoms with Crippen LogP contribution in [0.3, 0.4) is 0 Å². The van der Waals surface area contributed by atoms with Crippen LogP contribution in [0.2, 0.25) is 5.02 Å². The summed E-state index contributed by atoms with van der Waals surface area (Å²) in [6, 6.07) is 16.5. The lowest BCUT2D eigenvalue weighted by Gasteiger charge is -2.33. The molecule has 0 fully saturated rings. The van der Waals surface area contributed by atoms with Gasteiger partial charge in [-0.3, -0.25) is 4.90 Å². The molecule has 6 nitrogen and oxygen atoms in total. The molecule has 4 rings (SSSR count). The molecule has 2 aliphatic heterocycles. The number of amides is 2. The Balaban J connectivity index is 1.62. The van der Waals surface area contributed by atoms with Gasteiger partial charge in [-0.2, -0.15) is 0 Å². The Morgan fingerprint density at radius 1 is 1.16 bits per heavy atom. The van der Waals surface area contributed by atoms with Gasteiger partial charge in [0.25, 0.3) is 0 Å². The van der Waals surface area contributed by atoms with Crippen LogP contribution in [0, 0.1) is 0 Å². The van der Waals surface area contributed by atoms with Crippen molar-refractivity contribution in [3.63, 3.8) is 0 Å². The van der Waals surface area contributed by atoms with Crippen LogP contribution in [0.15, 0.2) is 71.9 Å². The minimum absolute atomic E-state index is 0.242. The first kappa shape index (κ1) is 22.1. The zero-order chi connectivity index (χ0) is 22.5. The van der Waals surface area contributed by atoms with E-state index in [1.807, 2.05) is 36.4 Å². The average Bonchev–Trinajstić information content (AvgIpc) is 2.80. The molecule has 7 heteroatoms. The molecule has 2 heterocycles. The van der Waals surface area contributed by atoms with Crippen LogP contribution >= 0.6 is 11.6 Å². The van der Waals surface area contributed by atoms with Crippen molar-refractivity contribution in [2.75, 3.05) is 26.2 Å². The summed E-state index contributed by atoms with van der Waals surface area (Å²) in [6.07, 6.45) is 3.10. The molecule has 0 spiro atoms. The monoisotopic (exact) mass is 451 g/mol. The minimum atomic E-state index is -0.674. The van der Waals surface area contributed by atoms with E-state index in [1.165, 1.54) is 11.1 Å². The maximum atomic E-state index is 12.9. The Morgan fingerprint density at radius 2 is 1.91 bits per heavy atom. The van der Waals surface area contributed by atoms with Gasteiger partial charge in [-0.1, -0.05) is 66.2 Å². The standard InChI is InChI=1S/C25H26ClN3O3/c1-2-32-24(30)22-21(27-25(31)28-23(22)19-10-6-7-11-20(19)26)16-29-14-12-18(13-15-29)17-8-4-3-5-9-17/h3-12,23H,2,13-16H2,1H3,(H2,27,28,31)/t23-/m0/s1. The van der Waals surface area contributed by atoms with E-state index in [2.05, 4.69) is 33.7 Å². The van der Waals surface area contributed by atoms with Gasteiger partial charge in [0.1, 0.15) is 0 Å². The number of benzene rings is 2. The predicted octanol–water partition coefficient (Wildman–Crippen LogP) is 4.30. The molecule has 2 aliphatic rings. The molecule has 0 saturated heterocycles. The van der Waals surface area contributed by atoms with Crippen molar-refractivity contribution in [2.45, 2.75) is 19.4 Å². The van der Waals surface area contributed by atoms with Gasteiger partial charge in [-0.15, -0.1) is 0 Å². The van der Waals surface area contributed by atoms with Gasteiger partial charge < -0.3 is 15.4 Å². The maximum absolute atomic E-state index is 12.9. The normalized spacial score (nSPS) is 19.1. The Kier molecular flexibility index (Phi) is 6.93. The molecule has 2 N–H and O–H groups in total. The number of halogens is 1. The largest absolute Gasteiger partial charge is 0.463 e. The van der Waals surface area contributed by atoms with E-state index >= 15 is 0 Å². The summed E-state index contributed by atoms with van der Waals surface area (Å²) in [4.78, 5) is 27.6. The van der Waals surface area contributed by atoms with Gasteiger partial charge >= 0.3 is 12.0 Å². The topological polar surface area (TPSA) is 70.7 Å². The zero-order valence-electron chi connectivity index (χ0n) is 17.9. The highest BCUT2D eigenvalue weighted by Gasteiger charge is 2.35. The van der Waals surface area contributed by atoms with E-state index in [0.717, 1.165) is 19.5 Å². The van der Waals surface area contributed by atoms with E-state index < -0.39 is 12.0 Å². The first-order valence-electron chi connectivity index (χ1n) is 10.8. The molecule has 2 aromatic rings. The summed E-state index contributed by atoms with van der Waals surface area (Å²) >= 11 is 6.40. The number of hydrogen-bond acceptors (Lipinski definition) is 4. The molecule has 0 radical (unpaired) electrons. The molecule has 0 unspecified atom stereocenters. The fourth-order valence-electron chi connectivity index (χ4n) is 4.13. The highest BCUT2D eigenvalue weighted by molar-refractivity contribution is 6.31. The number of urea groups is 1. The highest BCUT2D eigenvalue weighted by atomic mass is 35.5. The van der Waals surface area contributed by atoms with Crippen molar-refractivity contribution in [3.05, 3.63) is 88.1 Å². The summed E-state index contributed by atoms with van der Waals surface area (Å²) in [6.45, 7) is 3.98. The zero-order valence-corrected chi connectivity index (χ0v) is 18.7.